The molecule has 1 saturated heterocycles. The first-order valence-corrected chi connectivity index (χ1v) is 8.41. The lowest BCUT2D eigenvalue weighted by molar-refractivity contribution is 0.147. The Morgan fingerprint density at radius 1 is 1.22 bits per heavy atom. The highest BCUT2D eigenvalue weighted by Gasteiger charge is 2.18. The summed E-state index contributed by atoms with van der Waals surface area (Å²) in [6, 6.07) is 6.37. The van der Waals surface area contributed by atoms with Gasteiger partial charge >= 0.3 is 0 Å². The summed E-state index contributed by atoms with van der Waals surface area (Å²) in [5.41, 5.74) is 4.79. The summed E-state index contributed by atoms with van der Waals surface area (Å²) in [6.07, 6.45) is 0.997. The Balaban J connectivity index is 1.53. The van der Waals surface area contributed by atoms with Crippen molar-refractivity contribution in [3.8, 4) is 17.1 Å². The molecule has 1 fully saturated rings. The van der Waals surface area contributed by atoms with Gasteiger partial charge in [0.25, 0.3) is 0 Å². The molecule has 0 unspecified atom stereocenters. The molecule has 0 bridgehead atoms. The maximum atomic E-state index is 5.59. The molecular formula is C18H24N4O. The second-order valence-corrected chi connectivity index (χ2v) is 6.66. The topological polar surface area (TPSA) is 44.4 Å². The van der Waals surface area contributed by atoms with Crippen LogP contribution in [0.1, 0.15) is 17.0 Å². The van der Waals surface area contributed by atoms with Gasteiger partial charge in [-0.05, 0) is 37.7 Å². The van der Waals surface area contributed by atoms with Crippen LogP contribution in [0.5, 0.6) is 5.75 Å². The van der Waals surface area contributed by atoms with Gasteiger partial charge in [-0.25, -0.2) is 4.98 Å². The summed E-state index contributed by atoms with van der Waals surface area (Å²) >= 11 is 0. The van der Waals surface area contributed by atoms with E-state index in [2.05, 4.69) is 47.0 Å². The van der Waals surface area contributed by atoms with Crippen LogP contribution in [0.2, 0.25) is 0 Å². The van der Waals surface area contributed by atoms with E-state index in [1.807, 2.05) is 0 Å². The highest BCUT2D eigenvalue weighted by atomic mass is 16.5. The molecule has 3 heterocycles. The van der Waals surface area contributed by atoms with Crippen molar-refractivity contribution in [2.24, 2.45) is 0 Å². The monoisotopic (exact) mass is 312 g/mol. The van der Waals surface area contributed by atoms with E-state index in [1.165, 1.54) is 17.0 Å². The van der Waals surface area contributed by atoms with Gasteiger partial charge in [-0.3, -0.25) is 4.90 Å². The first-order chi connectivity index (χ1) is 11.2. The van der Waals surface area contributed by atoms with Crippen LogP contribution in [0, 0.1) is 6.92 Å². The van der Waals surface area contributed by atoms with Crippen molar-refractivity contribution in [3.05, 3.63) is 35.2 Å². The first-order valence-electron chi connectivity index (χ1n) is 8.41. The number of ether oxygens (including phenoxy) is 1. The minimum atomic E-state index is 0.796. The van der Waals surface area contributed by atoms with Gasteiger partial charge in [0, 0.05) is 50.4 Å². The number of hydrogen-bond donors (Lipinski definition) is 1. The molecule has 0 amide bonds. The van der Waals surface area contributed by atoms with Crippen LogP contribution >= 0.6 is 0 Å². The van der Waals surface area contributed by atoms with Crippen LogP contribution < -0.4 is 4.74 Å². The van der Waals surface area contributed by atoms with Gasteiger partial charge in [-0.2, -0.15) is 0 Å². The molecule has 0 aliphatic carbocycles. The molecule has 0 spiro atoms. The van der Waals surface area contributed by atoms with E-state index in [9.17, 15) is 0 Å². The SMILES string of the molecule is Cc1[nH]c(-c2ccc3c(c2)CCO3)nc1CN1CCN(C)CC1. The van der Waals surface area contributed by atoms with Gasteiger partial charge in [0.2, 0.25) is 0 Å². The average molecular weight is 312 g/mol. The zero-order valence-corrected chi connectivity index (χ0v) is 13.9. The van der Waals surface area contributed by atoms with Gasteiger partial charge in [-0.15, -0.1) is 0 Å². The fourth-order valence-electron chi connectivity index (χ4n) is 3.34. The molecule has 1 aromatic heterocycles. The van der Waals surface area contributed by atoms with Crippen molar-refractivity contribution in [2.75, 3.05) is 39.8 Å². The summed E-state index contributed by atoms with van der Waals surface area (Å²) in [6.45, 7) is 8.37. The molecule has 4 rings (SSSR count). The third-order valence-corrected chi connectivity index (χ3v) is 4.92. The zero-order chi connectivity index (χ0) is 15.8. The van der Waals surface area contributed by atoms with Crippen LogP contribution in [0.3, 0.4) is 0 Å². The predicted molar refractivity (Wildman–Crippen MR) is 90.7 cm³/mol. The lowest BCUT2D eigenvalue weighted by atomic mass is 10.1. The number of rotatable bonds is 3. The largest absolute Gasteiger partial charge is 0.493 e. The maximum absolute atomic E-state index is 5.59. The minimum Gasteiger partial charge on any atom is -0.493 e. The standard InChI is InChI=1S/C18H24N4O/c1-13-16(12-22-8-6-21(2)7-9-22)20-18(19-13)15-3-4-17-14(11-15)5-10-23-17/h3-4,11H,5-10,12H2,1-2H3,(H,19,20). The Morgan fingerprint density at radius 2 is 2.04 bits per heavy atom. The molecular weight excluding hydrogens is 288 g/mol. The second kappa shape index (κ2) is 5.98. The Bertz CT molecular complexity index is 701. The van der Waals surface area contributed by atoms with Crippen LogP contribution in [0.15, 0.2) is 18.2 Å². The van der Waals surface area contributed by atoms with Gasteiger partial charge in [0.15, 0.2) is 0 Å². The Morgan fingerprint density at radius 3 is 2.87 bits per heavy atom. The number of H-pyrrole nitrogens is 1. The number of nitrogens with one attached hydrogen (secondary N) is 1. The molecule has 2 aromatic rings. The van der Waals surface area contributed by atoms with Crippen molar-refractivity contribution in [3.63, 3.8) is 0 Å². The maximum Gasteiger partial charge on any atom is 0.137 e. The number of imidazole rings is 1. The van der Waals surface area contributed by atoms with E-state index in [-0.39, 0.29) is 0 Å². The Hall–Kier alpha value is -1.85. The van der Waals surface area contributed by atoms with Gasteiger partial charge in [0.05, 0.1) is 12.3 Å². The Labute approximate surface area is 137 Å². The fourth-order valence-corrected chi connectivity index (χ4v) is 3.34. The summed E-state index contributed by atoms with van der Waals surface area (Å²) in [7, 11) is 2.19. The molecule has 0 radical (unpaired) electrons. The molecule has 122 valence electrons. The van der Waals surface area contributed by atoms with Gasteiger partial charge < -0.3 is 14.6 Å². The van der Waals surface area contributed by atoms with Gasteiger partial charge in [-0.1, -0.05) is 0 Å². The van der Waals surface area contributed by atoms with E-state index < -0.39 is 0 Å². The third kappa shape index (κ3) is 2.99. The molecule has 0 saturated carbocycles. The fraction of sp³-hybridized carbons (Fsp3) is 0.500. The number of nitrogens with zero attached hydrogens (tertiary/aromatic N) is 3. The number of aromatic amines is 1. The van der Waals surface area contributed by atoms with Crippen LogP contribution in [-0.2, 0) is 13.0 Å². The zero-order valence-electron chi connectivity index (χ0n) is 13.9. The van der Waals surface area contributed by atoms with Crippen LogP contribution in [0.25, 0.3) is 11.4 Å². The highest BCUT2D eigenvalue weighted by Crippen LogP contribution is 2.29. The summed E-state index contributed by atoms with van der Waals surface area (Å²) < 4.78 is 5.59. The average Bonchev–Trinajstić information content (AvgIpc) is 3.16. The third-order valence-electron chi connectivity index (χ3n) is 4.92. The molecule has 23 heavy (non-hydrogen) atoms. The van der Waals surface area contributed by atoms with Gasteiger partial charge in [0.1, 0.15) is 11.6 Å². The Kier molecular flexibility index (Phi) is 3.83. The normalized spacial score (nSPS) is 18.9. The molecule has 2 aliphatic rings. The van der Waals surface area contributed by atoms with E-state index in [4.69, 9.17) is 9.72 Å². The molecule has 5 heteroatoms. The molecule has 5 nitrogen and oxygen atoms in total. The number of fused-ring (bicyclic) bond motifs is 1. The van der Waals surface area contributed by atoms with Crippen molar-refractivity contribution in [1.29, 1.82) is 0 Å². The number of benzene rings is 1. The number of likely N-dealkylation sites (N-methyl/N-ethyl adjacent to an activating group) is 1. The predicted octanol–water partition coefficient (Wildman–Crippen LogP) is 2.07. The molecule has 2 aliphatic heterocycles. The van der Waals surface area contributed by atoms with Crippen LogP contribution in [-0.4, -0.2) is 59.6 Å². The minimum absolute atomic E-state index is 0.796. The van der Waals surface area contributed by atoms with E-state index in [0.717, 1.165) is 62.9 Å². The molecule has 0 atom stereocenters. The molecule has 1 N–H and O–H groups in total. The van der Waals surface area contributed by atoms with E-state index >= 15 is 0 Å². The summed E-state index contributed by atoms with van der Waals surface area (Å²) in [5, 5.41) is 0. The quantitative estimate of drug-likeness (QED) is 0.942. The second-order valence-electron chi connectivity index (χ2n) is 6.66. The molecule has 1 aromatic carbocycles. The smallest absolute Gasteiger partial charge is 0.137 e. The highest BCUT2D eigenvalue weighted by molar-refractivity contribution is 5.60. The lowest BCUT2D eigenvalue weighted by Crippen LogP contribution is -2.44. The summed E-state index contributed by atoms with van der Waals surface area (Å²) in [5.74, 6) is 2.00. The number of aryl methyl sites for hydroxylation is 1. The lowest BCUT2D eigenvalue weighted by Gasteiger charge is -2.31. The van der Waals surface area contributed by atoms with Crippen molar-refractivity contribution in [2.45, 2.75) is 19.9 Å². The van der Waals surface area contributed by atoms with E-state index in [0.29, 0.717) is 0 Å². The number of piperazine rings is 1. The number of hydrogen-bond acceptors (Lipinski definition) is 4. The van der Waals surface area contributed by atoms with Crippen molar-refractivity contribution in [1.82, 2.24) is 19.8 Å². The van der Waals surface area contributed by atoms with Crippen molar-refractivity contribution >= 4 is 0 Å². The van der Waals surface area contributed by atoms with Crippen molar-refractivity contribution < 1.29 is 4.74 Å². The first kappa shape index (κ1) is 14.7. The van der Waals surface area contributed by atoms with Crippen LogP contribution in [0.4, 0.5) is 0 Å². The van der Waals surface area contributed by atoms with E-state index in [1.54, 1.807) is 0 Å². The summed E-state index contributed by atoms with van der Waals surface area (Å²) in [4.78, 5) is 13.2. The number of aromatic nitrogens is 2.